The molecular formula is C21H39Ti. The summed E-state index contributed by atoms with van der Waals surface area (Å²) in [6, 6.07) is 0. The van der Waals surface area contributed by atoms with Gasteiger partial charge in [-0.1, -0.05) is 78.1 Å². The summed E-state index contributed by atoms with van der Waals surface area (Å²) in [7, 11) is 0. The van der Waals surface area contributed by atoms with Crippen molar-refractivity contribution in [2.75, 3.05) is 0 Å². The van der Waals surface area contributed by atoms with E-state index in [0.717, 1.165) is 19.3 Å². The molecule has 1 rings (SSSR count). The first-order chi connectivity index (χ1) is 10.3. The van der Waals surface area contributed by atoms with E-state index in [9.17, 15) is 0 Å². The number of hydrogen-bond donors (Lipinski definition) is 0. The summed E-state index contributed by atoms with van der Waals surface area (Å²) in [4.78, 5) is 0. The molecular weight excluding hydrogens is 300 g/mol. The third-order valence-corrected chi connectivity index (χ3v) is 3.29. The molecule has 0 spiro atoms. The van der Waals surface area contributed by atoms with Crippen molar-refractivity contribution in [2.45, 2.75) is 97.3 Å². The van der Waals surface area contributed by atoms with Crippen LogP contribution in [-0.4, -0.2) is 0 Å². The van der Waals surface area contributed by atoms with Crippen molar-refractivity contribution in [1.82, 2.24) is 0 Å². The van der Waals surface area contributed by atoms with Gasteiger partial charge in [0.15, 0.2) is 0 Å². The zero-order valence-electron chi connectivity index (χ0n) is 15.3. The van der Waals surface area contributed by atoms with Crippen molar-refractivity contribution >= 4 is 0 Å². The van der Waals surface area contributed by atoms with Gasteiger partial charge in [0.25, 0.3) is 0 Å². The summed E-state index contributed by atoms with van der Waals surface area (Å²) in [5, 5.41) is 0. The molecule has 0 N–H and O–H groups in total. The van der Waals surface area contributed by atoms with Crippen LogP contribution in [0.4, 0.5) is 0 Å². The molecule has 1 heteroatoms. The summed E-state index contributed by atoms with van der Waals surface area (Å²) >= 11 is 0. The first-order valence-corrected chi connectivity index (χ1v) is 9.13. The van der Waals surface area contributed by atoms with Crippen LogP contribution in [0, 0.1) is 19.9 Å². The smallest absolute Gasteiger partial charge is 0.343 e. The van der Waals surface area contributed by atoms with Crippen LogP contribution in [0.5, 0.6) is 0 Å². The Morgan fingerprint density at radius 1 is 0.773 bits per heavy atom. The van der Waals surface area contributed by atoms with Crippen molar-refractivity contribution in [2.24, 2.45) is 0 Å². The number of allylic oxidation sites excluding steroid dienone is 4. The van der Waals surface area contributed by atoms with Gasteiger partial charge in [-0.3, -0.25) is 6.08 Å². The van der Waals surface area contributed by atoms with E-state index in [1.54, 1.807) is 0 Å². The maximum Gasteiger partial charge on any atom is 3.00 e. The van der Waals surface area contributed by atoms with E-state index in [1.165, 1.54) is 64.2 Å². The van der Waals surface area contributed by atoms with Crippen LogP contribution in [0.25, 0.3) is 0 Å². The third-order valence-electron chi connectivity index (χ3n) is 3.29. The zero-order chi connectivity index (χ0) is 16.0. The molecule has 0 heterocycles. The summed E-state index contributed by atoms with van der Waals surface area (Å²) in [5.41, 5.74) is 0. The second-order valence-electron chi connectivity index (χ2n) is 5.54. The SMILES string of the molecule is [C-]1=CC=CC1.[CH2-]CCCCCCC.[CH2-]CCCCCCC.[Ti+3]. The maximum absolute atomic E-state index is 3.78. The van der Waals surface area contributed by atoms with Crippen LogP contribution >= 0.6 is 0 Å². The molecule has 0 saturated carbocycles. The maximum atomic E-state index is 3.78. The molecule has 0 bridgehead atoms. The minimum Gasteiger partial charge on any atom is -0.343 e. The summed E-state index contributed by atoms with van der Waals surface area (Å²) in [5.74, 6) is 0. The fourth-order valence-electron chi connectivity index (χ4n) is 1.90. The van der Waals surface area contributed by atoms with Gasteiger partial charge in [0.2, 0.25) is 0 Å². The minimum absolute atomic E-state index is 0. The molecule has 22 heavy (non-hydrogen) atoms. The summed E-state index contributed by atoms with van der Waals surface area (Å²) < 4.78 is 0. The van der Waals surface area contributed by atoms with E-state index in [1.807, 2.05) is 12.2 Å². The Morgan fingerprint density at radius 2 is 1.23 bits per heavy atom. The molecule has 0 aromatic rings. The minimum atomic E-state index is 0. The molecule has 0 unspecified atom stereocenters. The molecule has 0 aromatic carbocycles. The van der Waals surface area contributed by atoms with Crippen molar-refractivity contribution in [3.05, 3.63) is 38.2 Å². The standard InChI is InChI=1S/2C8H17.C5H5.Ti/c2*1-3-5-7-8-6-4-2;1-2-4-5-3-1;/h2*1,3-8H2,2H3;1-3H,4H2;/q3*-1;+3. The first kappa shape index (κ1) is 27.1. The average Bonchev–Trinajstić information content (AvgIpc) is 3.09. The van der Waals surface area contributed by atoms with Crippen molar-refractivity contribution in [1.29, 1.82) is 0 Å². The molecule has 0 amide bonds. The zero-order valence-corrected chi connectivity index (χ0v) is 16.9. The predicted octanol–water partition coefficient (Wildman–Crippen LogP) is 7.67. The second kappa shape index (κ2) is 29.2. The Bertz CT molecular complexity index is 172. The first-order valence-electron chi connectivity index (χ1n) is 9.13. The van der Waals surface area contributed by atoms with Crippen LogP contribution in [0.1, 0.15) is 97.3 Å². The van der Waals surface area contributed by atoms with E-state index in [-0.39, 0.29) is 21.7 Å². The normalized spacial score (nSPS) is 11.1. The Morgan fingerprint density at radius 3 is 1.45 bits per heavy atom. The molecule has 0 atom stereocenters. The quantitative estimate of drug-likeness (QED) is 0.218. The van der Waals surface area contributed by atoms with Gasteiger partial charge in [-0.2, -0.15) is 18.9 Å². The average molecular weight is 339 g/mol. The van der Waals surface area contributed by atoms with Crippen LogP contribution < -0.4 is 0 Å². The fourth-order valence-corrected chi connectivity index (χ4v) is 1.90. The molecule has 1 aliphatic rings. The molecule has 0 nitrogen and oxygen atoms in total. The molecule has 127 valence electrons. The Balaban J connectivity index is -0.000000246. The number of hydrogen-bond acceptors (Lipinski definition) is 0. The third kappa shape index (κ3) is 32.2. The van der Waals surface area contributed by atoms with E-state index in [2.05, 4.69) is 39.8 Å². The molecule has 0 aliphatic heterocycles. The van der Waals surface area contributed by atoms with E-state index in [0.29, 0.717) is 0 Å². The van der Waals surface area contributed by atoms with E-state index < -0.39 is 0 Å². The number of rotatable bonds is 10. The molecule has 1 aliphatic carbocycles. The topological polar surface area (TPSA) is 0 Å². The molecule has 0 aromatic heterocycles. The largest absolute Gasteiger partial charge is 3.00 e. The van der Waals surface area contributed by atoms with Gasteiger partial charge < -0.3 is 13.8 Å². The van der Waals surface area contributed by atoms with Gasteiger partial charge in [-0.25, -0.2) is 12.2 Å². The van der Waals surface area contributed by atoms with Crippen molar-refractivity contribution in [3.63, 3.8) is 0 Å². The Hall–Kier alpha value is 0.194. The van der Waals surface area contributed by atoms with Crippen LogP contribution in [0.3, 0.4) is 0 Å². The van der Waals surface area contributed by atoms with Gasteiger partial charge in [0.05, 0.1) is 0 Å². The van der Waals surface area contributed by atoms with Crippen molar-refractivity contribution in [3.8, 4) is 0 Å². The van der Waals surface area contributed by atoms with E-state index in [4.69, 9.17) is 0 Å². The molecule has 0 saturated heterocycles. The summed E-state index contributed by atoms with van der Waals surface area (Å²) in [6.07, 6.45) is 26.0. The van der Waals surface area contributed by atoms with Gasteiger partial charge in [-0.15, -0.1) is 6.42 Å². The van der Waals surface area contributed by atoms with Crippen molar-refractivity contribution < 1.29 is 21.7 Å². The van der Waals surface area contributed by atoms with Gasteiger partial charge in [0.1, 0.15) is 0 Å². The Labute approximate surface area is 157 Å². The van der Waals surface area contributed by atoms with Crippen LogP contribution in [-0.2, 0) is 21.7 Å². The van der Waals surface area contributed by atoms with Gasteiger partial charge >= 0.3 is 21.7 Å². The Kier molecular flexibility index (Phi) is 36.0. The fraction of sp³-hybridized carbons (Fsp3) is 0.714. The monoisotopic (exact) mass is 339 g/mol. The van der Waals surface area contributed by atoms with Crippen LogP contribution in [0.15, 0.2) is 18.2 Å². The van der Waals surface area contributed by atoms with Crippen LogP contribution in [0.2, 0.25) is 0 Å². The second-order valence-corrected chi connectivity index (χ2v) is 5.54. The van der Waals surface area contributed by atoms with Gasteiger partial charge in [-0.05, 0) is 0 Å². The van der Waals surface area contributed by atoms with E-state index >= 15 is 0 Å². The summed E-state index contributed by atoms with van der Waals surface area (Å²) in [6.45, 7) is 12.0. The number of unbranched alkanes of at least 4 members (excludes halogenated alkanes) is 10. The predicted molar refractivity (Wildman–Crippen MR) is 99.0 cm³/mol. The van der Waals surface area contributed by atoms with Gasteiger partial charge in [0, 0.05) is 0 Å². The molecule has 0 fully saturated rings. The molecule has 1 radical (unpaired) electrons.